The fourth-order valence-electron chi connectivity index (χ4n) is 2.94. The second kappa shape index (κ2) is 5.94. The Kier molecular flexibility index (Phi) is 4.54. The van der Waals surface area contributed by atoms with E-state index in [0.29, 0.717) is 6.54 Å². The van der Waals surface area contributed by atoms with E-state index in [1.165, 1.54) is 6.42 Å². The van der Waals surface area contributed by atoms with Gasteiger partial charge in [-0.3, -0.25) is 4.90 Å². The third-order valence-corrected chi connectivity index (χ3v) is 4.13. The van der Waals surface area contributed by atoms with Crippen molar-refractivity contribution >= 4 is 6.29 Å². The molecular weight excluding hydrogens is 218 g/mol. The molecule has 1 aliphatic carbocycles. The Balaban J connectivity index is 1.92. The standard InChI is InChI=1S/C13H23NO3/c15-11-12(10-14-6-8-17-9-7-14)13(16)4-2-1-3-5-13/h11-12,16H,1-10H2. The predicted molar refractivity (Wildman–Crippen MR) is 64.8 cm³/mol. The maximum Gasteiger partial charge on any atom is 0.127 e. The average Bonchev–Trinajstić information content (AvgIpc) is 2.38. The Hall–Kier alpha value is -0.450. The van der Waals surface area contributed by atoms with Crippen LogP contribution in [-0.2, 0) is 9.53 Å². The van der Waals surface area contributed by atoms with Gasteiger partial charge in [0.25, 0.3) is 0 Å². The zero-order valence-electron chi connectivity index (χ0n) is 10.4. The van der Waals surface area contributed by atoms with E-state index in [1.54, 1.807) is 0 Å². The summed E-state index contributed by atoms with van der Waals surface area (Å²) < 4.78 is 5.29. The Morgan fingerprint density at radius 1 is 1.24 bits per heavy atom. The van der Waals surface area contributed by atoms with E-state index in [9.17, 15) is 9.90 Å². The first kappa shape index (κ1) is 13.0. The van der Waals surface area contributed by atoms with E-state index in [4.69, 9.17) is 4.74 Å². The summed E-state index contributed by atoms with van der Waals surface area (Å²) in [4.78, 5) is 13.5. The lowest BCUT2D eigenvalue weighted by Gasteiger charge is -2.39. The predicted octanol–water partition coefficient (Wildman–Crippen LogP) is 0.829. The summed E-state index contributed by atoms with van der Waals surface area (Å²) >= 11 is 0. The number of aliphatic hydroxyl groups is 1. The van der Waals surface area contributed by atoms with Gasteiger partial charge in [0.05, 0.1) is 24.7 Å². The normalized spacial score (nSPS) is 27.6. The van der Waals surface area contributed by atoms with Crippen LogP contribution in [0.3, 0.4) is 0 Å². The lowest BCUT2D eigenvalue weighted by Crippen LogP contribution is -2.49. The van der Waals surface area contributed by atoms with Gasteiger partial charge >= 0.3 is 0 Å². The second-order valence-electron chi connectivity index (χ2n) is 5.32. The molecule has 0 spiro atoms. The molecule has 1 heterocycles. The van der Waals surface area contributed by atoms with Crippen LogP contribution in [-0.4, -0.2) is 54.7 Å². The van der Waals surface area contributed by atoms with Crippen LogP contribution in [0.4, 0.5) is 0 Å². The summed E-state index contributed by atoms with van der Waals surface area (Å²) in [6.07, 6.45) is 5.79. The minimum Gasteiger partial charge on any atom is -0.389 e. The summed E-state index contributed by atoms with van der Waals surface area (Å²) in [5.41, 5.74) is -0.752. The molecule has 17 heavy (non-hydrogen) atoms. The van der Waals surface area contributed by atoms with Gasteiger partial charge in [-0.05, 0) is 12.8 Å². The molecule has 1 atom stereocenters. The van der Waals surface area contributed by atoms with Crippen LogP contribution in [0, 0.1) is 5.92 Å². The lowest BCUT2D eigenvalue weighted by molar-refractivity contribution is -0.126. The van der Waals surface area contributed by atoms with Crippen molar-refractivity contribution in [2.24, 2.45) is 5.92 Å². The van der Waals surface area contributed by atoms with Crippen LogP contribution in [0.5, 0.6) is 0 Å². The maximum atomic E-state index is 11.3. The molecule has 1 saturated carbocycles. The summed E-state index contributed by atoms with van der Waals surface area (Å²) in [6.45, 7) is 3.91. The molecule has 2 rings (SSSR count). The molecule has 1 aliphatic heterocycles. The molecule has 2 aliphatic rings. The van der Waals surface area contributed by atoms with Gasteiger partial charge in [-0.2, -0.15) is 0 Å². The summed E-state index contributed by atoms with van der Waals surface area (Å²) in [5.74, 6) is -0.235. The van der Waals surface area contributed by atoms with Gasteiger partial charge < -0.3 is 14.6 Å². The summed E-state index contributed by atoms with van der Waals surface area (Å²) in [5, 5.41) is 10.6. The number of aldehydes is 1. The van der Waals surface area contributed by atoms with Crippen molar-refractivity contribution in [3.63, 3.8) is 0 Å². The first-order valence-corrected chi connectivity index (χ1v) is 6.72. The van der Waals surface area contributed by atoms with Gasteiger partial charge in [0, 0.05) is 19.6 Å². The van der Waals surface area contributed by atoms with Crippen LogP contribution < -0.4 is 0 Å². The maximum absolute atomic E-state index is 11.3. The molecule has 98 valence electrons. The van der Waals surface area contributed by atoms with Crippen molar-refractivity contribution in [2.45, 2.75) is 37.7 Å². The Morgan fingerprint density at radius 2 is 1.88 bits per heavy atom. The number of hydrogen-bond donors (Lipinski definition) is 1. The third kappa shape index (κ3) is 3.27. The van der Waals surface area contributed by atoms with Crippen molar-refractivity contribution in [2.75, 3.05) is 32.8 Å². The molecule has 1 N–H and O–H groups in total. The van der Waals surface area contributed by atoms with E-state index >= 15 is 0 Å². The van der Waals surface area contributed by atoms with E-state index in [2.05, 4.69) is 4.90 Å². The van der Waals surface area contributed by atoms with Gasteiger partial charge in [0.2, 0.25) is 0 Å². The molecular formula is C13H23NO3. The Labute approximate surface area is 103 Å². The van der Waals surface area contributed by atoms with Gasteiger partial charge in [0.15, 0.2) is 0 Å². The Morgan fingerprint density at radius 3 is 2.47 bits per heavy atom. The number of ether oxygens (including phenoxy) is 1. The topological polar surface area (TPSA) is 49.8 Å². The van der Waals surface area contributed by atoms with E-state index in [-0.39, 0.29) is 5.92 Å². The van der Waals surface area contributed by atoms with Crippen LogP contribution in [0.25, 0.3) is 0 Å². The van der Waals surface area contributed by atoms with Gasteiger partial charge in [-0.25, -0.2) is 0 Å². The fraction of sp³-hybridized carbons (Fsp3) is 0.923. The quantitative estimate of drug-likeness (QED) is 0.741. The third-order valence-electron chi connectivity index (χ3n) is 4.13. The molecule has 0 radical (unpaired) electrons. The van der Waals surface area contributed by atoms with Gasteiger partial charge in [-0.1, -0.05) is 19.3 Å². The van der Waals surface area contributed by atoms with Gasteiger partial charge in [0.1, 0.15) is 6.29 Å². The fourth-order valence-corrected chi connectivity index (χ4v) is 2.94. The molecule has 1 saturated heterocycles. The molecule has 2 fully saturated rings. The number of nitrogens with zero attached hydrogens (tertiary/aromatic N) is 1. The minimum atomic E-state index is -0.752. The lowest BCUT2D eigenvalue weighted by atomic mass is 9.76. The highest BCUT2D eigenvalue weighted by molar-refractivity contribution is 5.56. The number of carbonyl (C=O) groups is 1. The zero-order chi connectivity index (χ0) is 12.1. The molecule has 0 aromatic rings. The van der Waals surface area contributed by atoms with Crippen molar-refractivity contribution in [3.8, 4) is 0 Å². The average molecular weight is 241 g/mol. The number of morpholine rings is 1. The molecule has 0 bridgehead atoms. The summed E-state index contributed by atoms with van der Waals surface area (Å²) in [7, 11) is 0. The highest BCUT2D eigenvalue weighted by Crippen LogP contribution is 2.34. The smallest absolute Gasteiger partial charge is 0.127 e. The molecule has 4 heteroatoms. The molecule has 0 aromatic carbocycles. The number of hydrogen-bond acceptors (Lipinski definition) is 4. The SMILES string of the molecule is O=CC(CN1CCOCC1)C1(O)CCCCC1. The van der Waals surface area contributed by atoms with E-state index in [1.807, 2.05) is 0 Å². The van der Waals surface area contributed by atoms with Crippen molar-refractivity contribution in [3.05, 3.63) is 0 Å². The highest BCUT2D eigenvalue weighted by Gasteiger charge is 2.38. The monoisotopic (exact) mass is 241 g/mol. The van der Waals surface area contributed by atoms with Crippen LogP contribution in [0.1, 0.15) is 32.1 Å². The Bertz CT molecular complexity index is 245. The van der Waals surface area contributed by atoms with Crippen molar-refractivity contribution in [1.82, 2.24) is 4.90 Å². The molecule has 0 amide bonds. The molecule has 1 unspecified atom stereocenters. The van der Waals surface area contributed by atoms with Crippen LogP contribution >= 0.6 is 0 Å². The number of carbonyl (C=O) groups excluding carboxylic acids is 1. The highest BCUT2D eigenvalue weighted by atomic mass is 16.5. The van der Waals surface area contributed by atoms with Crippen LogP contribution in [0.15, 0.2) is 0 Å². The zero-order valence-corrected chi connectivity index (χ0v) is 10.4. The van der Waals surface area contributed by atoms with Crippen LogP contribution in [0.2, 0.25) is 0 Å². The van der Waals surface area contributed by atoms with Gasteiger partial charge in [-0.15, -0.1) is 0 Å². The first-order valence-electron chi connectivity index (χ1n) is 6.72. The first-order chi connectivity index (χ1) is 8.24. The van der Waals surface area contributed by atoms with E-state index < -0.39 is 5.60 Å². The largest absolute Gasteiger partial charge is 0.389 e. The van der Waals surface area contributed by atoms with E-state index in [0.717, 1.165) is 58.3 Å². The van der Waals surface area contributed by atoms with Crippen molar-refractivity contribution < 1.29 is 14.6 Å². The minimum absolute atomic E-state index is 0.235. The molecule has 0 aromatic heterocycles. The summed E-state index contributed by atoms with van der Waals surface area (Å²) in [6, 6.07) is 0. The second-order valence-corrected chi connectivity index (χ2v) is 5.32. The number of rotatable bonds is 4. The van der Waals surface area contributed by atoms with Crippen molar-refractivity contribution in [1.29, 1.82) is 0 Å². The molecule has 4 nitrogen and oxygen atoms in total.